The Morgan fingerprint density at radius 1 is 1.47 bits per heavy atom. The maximum atomic E-state index is 11.1. The second kappa shape index (κ2) is 4.10. The highest BCUT2D eigenvalue weighted by atomic mass is 35.5. The van der Waals surface area contributed by atoms with Crippen molar-refractivity contribution in [3.63, 3.8) is 0 Å². The Morgan fingerprint density at radius 3 is 2.71 bits per heavy atom. The first-order valence-corrected chi connectivity index (χ1v) is 5.28. The summed E-state index contributed by atoms with van der Waals surface area (Å²) < 4.78 is 1.53. The van der Waals surface area contributed by atoms with Crippen LogP contribution in [0.4, 0.5) is 5.69 Å². The lowest BCUT2D eigenvalue weighted by Gasteiger charge is -2.06. The van der Waals surface area contributed by atoms with Crippen LogP contribution in [0.5, 0.6) is 0 Å². The summed E-state index contributed by atoms with van der Waals surface area (Å²) in [5.41, 5.74) is 13.2. The third kappa shape index (κ3) is 2.09. The molecule has 6 heteroatoms. The van der Waals surface area contributed by atoms with Gasteiger partial charge in [-0.05, 0) is 25.1 Å². The number of primary amides is 1. The molecule has 0 unspecified atom stereocenters. The predicted molar refractivity (Wildman–Crippen MR) is 66.2 cm³/mol. The number of nitrogens with two attached hydrogens (primary N) is 2. The van der Waals surface area contributed by atoms with Crippen molar-refractivity contribution in [2.75, 3.05) is 5.73 Å². The SMILES string of the molecule is Cc1nn(-c2cc(C(N)=O)ccc2N)cc1Cl. The van der Waals surface area contributed by atoms with E-state index in [9.17, 15) is 4.79 Å². The van der Waals surface area contributed by atoms with E-state index in [1.165, 1.54) is 4.68 Å². The smallest absolute Gasteiger partial charge is 0.248 e. The van der Waals surface area contributed by atoms with Crippen LogP contribution >= 0.6 is 11.6 Å². The summed E-state index contributed by atoms with van der Waals surface area (Å²) in [4.78, 5) is 11.1. The van der Waals surface area contributed by atoms with Crippen LogP contribution in [0.25, 0.3) is 5.69 Å². The van der Waals surface area contributed by atoms with E-state index in [1.54, 1.807) is 31.3 Å². The molecule has 0 radical (unpaired) electrons. The molecular formula is C11H11ClN4O. The summed E-state index contributed by atoms with van der Waals surface area (Å²) in [6, 6.07) is 4.76. The Kier molecular flexibility index (Phi) is 2.77. The molecule has 0 atom stereocenters. The number of nitrogen functional groups attached to an aromatic ring is 1. The number of aromatic nitrogens is 2. The van der Waals surface area contributed by atoms with Gasteiger partial charge in [-0.3, -0.25) is 4.79 Å². The van der Waals surface area contributed by atoms with Crippen LogP contribution in [-0.2, 0) is 0 Å². The van der Waals surface area contributed by atoms with Crippen molar-refractivity contribution in [1.82, 2.24) is 9.78 Å². The van der Waals surface area contributed by atoms with Crippen molar-refractivity contribution >= 4 is 23.2 Å². The van der Waals surface area contributed by atoms with Gasteiger partial charge in [0.2, 0.25) is 5.91 Å². The number of nitrogens with zero attached hydrogens (tertiary/aromatic N) is 2. The fourth-order valence-corrected chi connectivity index (χ4v) is 1.59. The molecular weight excluding hydrogens is 240 g/mol. The molecule has 5 nitrogen and oxygen atoms in total. The van der Waals surface area contributed by atoms with Gasteiger partial charge in [0, 0.05) is 11.8 Å². The normalized spacial score (nSPS) is 10.5. The molecule has 1 heterocycles. The molecule has 0 aliphatic rings. The number of rotatable bonds is 2. The van der Waals surface area contributed by atoms with Crippen molar-refractivity contribution in [3.05, 3.63) is 40.7 Å². The van der Waals surface area contributed by atoms with E-state index in [2.05, 4.69) is 5.10 Å². The fourth-order valence-electron chi connectivity index (χ4n) is 1.46. The second-order valence-electron chi connectivity index (χ2n) is 3.64. The van der Waals surface area contributed by atoms with Gasteiger partial charge < -0.3 is 11.5 Å². The molecule has 0 bridgehead atoms. The fraction of sp³-hybridized carbons (Fsp3) is 0.0909. The summed E-state index contributed by atoms with van der Waals surface area (Å²) in [6.45, 7) is 1.78. The Morgan fingerprint density at radius 2 is 2.18 bits per heavy atom. The van der Waals surface area contributed by atoms with Crippen molar-refractivity contribution in [2.45, 2.75) is 6.92 Å². The van der Waals surface area contributed by atoms with Crippen LogP contribution in [0.2, 0.25) is 5.02 Å². The van der Waals surface area contributed by atoms with E-state index in [-0.39, 0.29) is 0 Å². The van der Waals surface area contributed by atoms with Crippen molar-refractivity contribution in [3.8, 4) is 5.69 Å². The molecule has 1 aromatic carbocycles. The molecule has 4 N–H and O–H groups in total. The van der Waals surface area contributed by atoms with Gasteiger partial charge in [-0.2, -0.15) is 5.10 Å². The van der Waals surface area contributed by atoms with Gasteiger partial charge in [-0.1, -0.05) is 11.6 Å². The largest absolute Gasteiger partial charge is 0.397 e. The van der Waals surface area contributed by atoms with E-state index < -0.39 is 5.91 Å². The number of carbonyl (C=O) groups excluding carboxylic acids is 1. The molecule has 0 aliphatic carbocycles. The van der Waals surface area contributed by atoms with Gasteiger partial charge >= 0.3 is 0 Å². The quantitative estimate of drug-likeness (QED) is 0.792. The third-order valence-electron chi connectivity index (χ3n) is 2.40. The lowest BCUT2D eigenvalue weighted by atomic mass is 10.1. The Hall–Kier alpha value is -2.01. The molecule has 0 saturated carbocycles. The first kappa shape index (κ1) is 11.5. The minimum Gasteiger partial charge on any atom is -0.397 e. The number of hydrogen-bond donors (Lipinski definition) is 2. The van der Waals surface area contributed by atoms with Crippen LogP contribution in [0.3, 0.4) is 0 Å². The summed E-state index contributed by atoms with van der Waals surface area (Å²) in [5.74, 6) is -0.513. The van der Waals surface area contributed by atoms with Gasteiger partial charge in [0.25, 0.3) is 0 Å². The number of halogens is 1. The molecule has 0 spiro atoms. The van der Waals surface area contributed by atoms with Crippen LogP contribution in [0, 0.1) is 6.92 Å². The molecule has 17 heavy (non-hydrogen) atoms. The first-order chi connectivity index (χ1) is 7.99. The monoisotopic (exact) mass is 250 g/mol. The summed E-state index contributed by atoms with van der Waals surface area (Å²) in [7, 11) is 0. The standard InChI is InChI=1S/C11H11ClN4O/c1-6-8(12)5-16(15-6)10-4-7(11(14)17)2-3-9(10)13/h2-5H,13H2,1H3,(H2,14,17). The zero-order valence-corrected chi connectivity index (χ0v) is 9.90. The Labute approximate surface area is 103 Å². The molecule has 1 amide bonds. The predicted octanol–water partition coefficient (Wildman–Crippen LogP) is 1.52. The maximum Gasteiger partial charge on any atom is 0.248 e. The number of carbonyl (C=O) groups is 1. The highest BCUT2D eigenvalue weighted by Gasteiger charge is 2.09. The highest BCUT2D eigenvalue weighted by molar-refractivity contribution is 6.31. The Balaban J connectivity index is 2.57. The van der Waals surface area contributed by atoms with Crippen molar-refractivity contribution < 1.29 is 4.79 Å². The highest BCUT2D eigenvalue weighted by Crippen LogP contribution is 2.21. The Bertz CT molecular complexity index is 572. The lowest BCUT2D eigenvalue weighted by molar-refractivity contribution is 0.100. The minimum atomic E-state index is -0.513. The van der Waals surface area contributed by atoms with Crippen LogP contribution in [-0.4, -0.2) is 15.7 Å². The van der Waals surface area contributed by atoms with E-state index in [4.69, 9.17) is 23.1 Å². The number of aryl methyl sites for hydroxylation is 1. The topological polar surface area (TPSA) is 86.9 Å². The van der Waals surface area contributed by atoms with E-state index in [0.717, 1.165) is 0 Å². The van der Waals surface area contributed by atoms with Crippen LogP contribution in [0.15, 0.2) is 24.4 Å². The third-order valence-corrected chi connectivity index (χ3v) is 2.77. The van der Waals surface area contributed by atoms with Gasteiger partial charge in [0.15, 0.2) is 0 Å². The number of amides is 1. The molecule has 0 aliphatic heterocycles. The zero-order chi connectivity index (χ0) is 12.6. The van der Waals surface area contributed by atoms with Gasteiger partial charge in [-0.25, -0.2) is 4.68 Å². The second-order valence-corrected chi connectivity index (χ2v) is 4.05. The average Bonchev–Trinajstić information content (AvgIpc) is 2.59. The molecule has 0 fully saturated rings. The van der Waals surface area contributed by atoms with E-state index in [1.807, 2.05) is 0 Å². The summed E-state index contributed by atoms with van der Waals surface area (Å²) in [5, 5.41) is 4.73. The van der Waals surface area contributed by atoms with Gasteiger partial charge in [-0.15, -0.1) is 0 Å². The van der Waals surface area contributed by atoms with Crippen LogP contribution < -0.4 is 11.5 Å². The molecule has 88 valence electrons. The zero-order valence-electron chi connectivity index (χ0n) is 9.14. The van der Waals surface area contributed by atoms with Gasteiger partial charge in [0.1, 0.15) is 0 Å². The lowest BCUT2D eigenvalue weighted by Crippen LogP contribution is -2.12. The van der Waals surface area contributed by atoms with E-state index >= 15 is 0 Å². The molecule has 2 rings (SSSR count). The number of hydrogen-bond acceptors (Lipinski definition) is 3. The molecule has 1 aromatic heterocycles. The van der Waals surface area contributed by atoms with Crippen molar-refractivity contribution in [1.29, 1.82) is 0 Å². The summed E-state index contributed by atoms with van der Waals surface area (Å²) >= 11 is 5.92. The number of benzene rings is 1. The van der Waals surface area contributed by atoms with Gasteiger partial charge in [0.05, 0.1) is 22.1 Å². The molecule has 0 saturated heterocycles. The average molecular weight is 251 g/mol. The summed E-state index contributed by atoms with van der Waals surface area (Å²) in [6.07, 6.45) is 1.63. The van der Waals surface area contributed by atoms with Crippen molar-refractivity contribution in [2.24, 2.45) is 5.73 Å². The molecule has 2 aromatic rings. The first-order valence-electron chi connectivity index (χ1n) is 4.90. The minimum absolute atomic E-state index is 0.374. The number of anilines is 1. The van der Waals surface area contributed by atoms with E-state index in [0.29, 0.717) is 27.7 Å². The maximum absolute atomic E-state index is 11.1. The van der Waals surface area contributed by atoms with Crippen LogP contribution in [0.1, 0.15) is 16.1 Å².